The fourth-order valence-corrected chi connectivity index (χ4v) is 3.44. The second kappa shape index (κ2) is 8.14. The van der Waals surface area contributed by atoms with Crippen molar-refractivity contribution in [1.29, 1.82) is 0 Å². The largest absolute Gasteiger partial charge is 0.348 e. The summed E-state index contributed by atoms with van der Waals surface area (Å²) in [5, 5.41) is 4.44. The fourth-order valence-electron chi connectivity index (χ4n) is 3.44. The highest BCUT2D eigenvalue weighted by molar-refractivity contribution is 5.94. The van der Waals surface area contributed by atoms with Crippen LogP contribution >= 0.6 is 0 Å². The van der Waals surface area contributed by atoms with E-state index in [0.29, 0.717) is 25.3 Å². The number of nitrogens with zero attached hydrogens (tertiary/aromatic N) is 4. The van der Waals surface area contributed by atoms with Crippen LogP contribution in [0.2, 0.25) is 0 Å². The third kappa shape index (κ3) is 4.52. The molecule has 1 saturated heterocycles. The van der Waals surface area contributed by atoms with Gasteiger partial charge in [0.1, 0.15) is 6.10 Å². The van der Waals surface area contributed by atoms with Gasteiger partial charge in [-0.3, -0.25) is 9.78 Å². The van der Waals surface area contributed by atoms with E-state index in [2.05, 4.69) is 10.1 Å². The molecule has 7 nitrogen and oxygen atoms in total. The van der Waals surface area contributed by atoms with Crippen LogP contribution in [0.4, 0.5) is 0 Å². The van der Waals surface area contributed by atoms with Crippen LogP contribution in [0.5, 0.6) is 0 Å². The van der Waals surface area contributed by atoms with Crippen molar-refractivity contribution in [3.63, 3.8) is 0 Å². The summed E-state index contributed by atoms with van der Waals surface area (Å²) in [5.74, 6) is -0.719. The van der Waals surface area contributed by atoms with Gasteiger partial charge in [0.2, 0.25) is 0 Å². The first-order valence-electron chi connectivity index (χ1n) is 9.61. The zero-order chi connectivity index (χ0) is 20.3. The molecule has 1 atom stereocenters. The molecular weight excluding hydrogens is 368 g/mol. The number of carbonyl (C=O) groups is 1. The number of pyridine rings is 1. The summed E-state index contributed by atoms with van der Waals surface area (Å²) in [5.41, 5.74) is 2.45. The number of hydrogen-bond donors (Lipinski definition) is 0. The van der Waals surface area contributed by atoms with Crippen LogP contribution in [-0.2, 0) is 16.0 Å². The number of benzene rings is 1. The van der Waals surface area contributed by atoms with Gasteiger partial charge in [0, 0.05) is 24.2 Å². The molecule has 7 heteroatoms. The quantitative estimate of drug-likeness (QED) is 0.645. The van der Waals surface area contributed by atoms with Gasteiger partial charge in [0.05, 0.1) is 31.1 Å². The van der Waals surface area contributed by atoms with Gasteiger partial charge < -0.3 is 14.4 Å². The summed E-state index contributed by atoms with van der Waals surface area (Å²) < 4.78 is 13.5. The Hall–Kier alpha value is -3.03. The molecular formula is C22H24N4O3. The first kappa shape index (κ1) is 19.3. The number of aromatic nitrogens is 3. The van der Waals surface area contributed by atoms with Gasteiger partial charge in [-0.25, -0.2) is 4.68 Å². The summed E-state index contributed by atoms with van der Waals surface area (Å²) in [6.07, 6.45) is 4.80. The van der Waals surface area contributed by atoms with Crippen LogP contribution in [0, 0.1) is 0 Å². The summed E-state index contributed by atoms with van der Waals surface area (Å²) >= 11 is 0. The Kier molecular flexibility index (Phi) is 5.42. The second-order valence-electron chi connectivity index (χ2n) is 7.44. The monoisotopic (exact) mass is 392 g/mol. The average Bonchev–Trinajstić information content (AvgIpc) is 3.34. The maximum absolute atomic E-state index is 13.2. The molecule has 4 rings (SSSR count). The molecule has 0 radical (unpaired) electrons. The topological polar surface area (TPSA) is 69.5 Å². The Morgan fingerprint density at radius 3 is 2.59 bits per heavy atom. The van der Waals surface area contributed by atoms with Gasteiger partial charge in [-0.15, -0.1) is 0 Å². The van der Waals surface area contributed by atoms with Gasteiger partial charge in [-0.1, -0.05) is 18.2 Å². The molecule has 0 spiro atoms. The highest BCUT2D eigenvalue weighted by atomic mass is 16.7. The number of hydrogen-bond acceptors (Lipinski definition) is 5. The standard InChI is InChI=1S/C22H24N4O3/c1-22(2)28-16-20(29-22)15-25(21(27)17-8-11-23-12-9-17)14-19-10-13-24-26(19)18-6-4-3-5-7-18/h3-13,20H,14-16H2,1-2H3/t20-/m1/s1. The Morgan fingerprint density at radius 2 is 1.90 bits per heavy atom. The highest BCUT2D eigenvalue weighted by Crippen LogP contribution is 2.24. The van der Waals surface area contributed by atoms with E-state index in [0.717, 1.165) is 11.4 Å². The van der Waals surface area contributed by atoms with Gasteiger partial charge in [-0.2, -0.15) is 5.10 Å². The van der Waals surface area contributed by atoms with Gasteiger partial charge in [-0.05, 0) is 44.2 Å². The number of carbonyl (C=O) groups excluding carboxylic acids is 1. The van der Waals surface area contributed by atoms with Crippen LogP contribution in [-0.4, -0.2) is 50.6 Å². The molecule has 0 bridgehead atoms. The van der Waals surface area contributed by atoms with Gasteiger partial charge >= 0.3 is 0 Å². The van der Waals surface area contributed by atoms with E-state index in [4.69, 9.17) is 9.47 Å². The molecule has 3 heterocycles. The van der Waals surface area contributed by atoms with Crippen molar-refractivity contribution < 1.29 is 14.3 Å². The Bertz CT molecular complexity index is 956. The fraction of sp³-hybridized carbons (Fsp3) is 0.318. The van der Waals surface area contributed by atoms with E-state index in [9.17, 15) is 4.79 Å². The molecule has 1 amide bonds. The molecule has 29 heavy (non-hydrogen) atoms. The molecule has 0 saturated carbocycles. The lowest BCUT2D eigenvalue weighted by molar-refractivity contribution is -0.139. The minimum absolute atomic E-state index is 0.0819. The average molecular weight is 392 g/mol. The predicted molar refractivity (Wildman–Crippen MR) is 107 cm³/mol. The minimum Gasteiger partial charge on any atom is -0.348 e. The molecule has 1 aliphatic rings. The van der Waals surface area contributed by atoms with Gasteiger partial charge in [0.25, 0.3) is 5.91 Å². The molecule has 0 N–H and O–H groups in total. The van der Waals surface area contributed by atoms with E-state index in [1.165, 1.54) is 0 Å². The number of amides is 1. The molecule has 1 aliphatic heterocycles. The summed E-state index contributed by atoms with van der Waals surface area (Å²) in [4.78, 5) is 19.0. The van der Waals surface area contributed by atoms with E-state index < -0.39 is 5.79 Å². The summed E-state index contributed by atoms with van der Waals surface area (Å²) in [7, 11) is 0. The lowest BCUT2D eigenvalue weighted by Gasteiger charge is -2.26. The minimum atomic E-state index is -0.637. The summed E-state index contributed by atoms with van der Waals surface area (Å²) in [6.45, 7) is 5.03. The van der Waals surface area contributed by atoms with Crippen molar-refractivity contribution >= 4 is 5.91 Å². The Morgan fingerprint density at radius 1 is 1.14 bits per heavy atom. The van der Waals surface area contributed by atoms with Crippen molar-refractivity contribution in [1.82, 2.24) is 19.7 Å². The zero-order valence-electron chi connectivity index (χ0n) is 16.6. The number of rotatable bonds is 6. The molecule has 1 fully saturated rings. The molecule has 150 valence electrons. The first-order chi connectivity index (χ1) is 14.0. The van der Waals surface area contributed by atoms with Crippen molar-refractivity contribution in [2.75, 3.05) is 13.2 Å². The number of para-hydroxylation sites is 1. The molecule has 2 aromatic heterocycles. The Labute approximate surface area is 169 Å². The van der Waals surface area contributed by atoms with E-state index in [1.54, 1.807) is 35.6 Å². The number of ether oxygens (including phenoxy) is 2. The second-order valence-corrected chi connectivity index (χ2v) is 7.44. The van der Waals surface area contributed by atoms with Crippen LogP contribution in [0.25, 0.3) is 5.69 Å². The van der Waals surface area contributed by atoms with Crippen molar-refractivity contribution in [3.8, 4) is 5.69 Å². The van der Waals surface area contributed by atoms with Crippen LogP contribution in [0.3, 0.4) is 0 Å². The van der Waals surface area contributed by atoms with Crippen LogP contribution in [0.15, 0.2) is 67.1 Å². The van der Waals surface area contributed by atoms with Crippen molar-refractivity contribution in [3.05, 3.63) is 78.4 Å². The van der Waals surface area contributed by atoms with Crippen LogP contribution in [0.1, 0.15) is 29.9 Å². The van der Waals surface area contributed by atoms with E-state index in [1.807, 2.05) is 54.9 Å². The van der Waals surface area contributed by atoms with Crippen molar-refractivity contribution in [2.24, 2.45) is 0 Å². The third-order valence-electron chi connectivity index (χ3n) is 4.78. The predicted octanol–water partition coefficient (Wildman–Crippen LogP) is 3.06. The zero-order valence-corrected chi connectivity index (χ0v) is 16.6. The van der Waals surface area contributed by atoms with E-state index in [-0.39, 0.29) is 12.0 Å². The normalized spacial score (nSPS) is 17.9. The van der Waals surface area contributed by atoms with Crippen LogP contribution < -0.4 is 0 Å². The maximum atomic E-state index is 13.2. The van der Waals surface area contributed by atoms with Crippen molar-refractivity contribution in [2.45, 2.75) is 32.3 Å². The lowest BCUT2D eigenvalue weighted by atomic mass is 10.2. The maximum Gasteiger partial charge on any atom is 0.254 e. The SMILES string of the molecule is CC1(C)OC[C@@H](CN(Cc2ccnn2-c2ccccc2)C(=O)c2ccncc2)O1. The van der Waals surface area contributed by atoms with E-state index >= 15 is 0 Å². The van der Waals surface area contributed by atoms with Gasteiger partial charge in [0.15, 0.2) is 5.79 Å². The molecule has 0 aliphatic carbocycles. The highest BCUT2D eigenvalue weighted by Gasteiger charge is 2.35. The molecule has 1 aromatic carbocycles. The third-order valence-corrected chi connectivity index (χ3v) is 4.78. The smallest absolute Gasteiger partial charge is 0.254 e. The lowest BCUT2D eigenvalue weighted by Crippen LogP contribution is -2.39. The Balaban J connectivity index is 1.59. The summed E-state index contributed by atoms with van der Waals surface area (Å²) in [6, 6.07) is 15.2. The molecule has 3 aromatic rings. The first-order valence-corrected chi connectivity index (χ1v) is 9.61. The molecule has 0 unspecified atom stereocenters.